The van der Waals surface area contributed by atoms with E-state index < -0.39 is 5.60 Å². The Bertz CT molecular complexity index is 777. The van der Waals surface area contributed by atoms with Crippen LogP contribution in [0.4, 0.5) is 5.69 Å². The van der Waals surface area contributed by atoms with Crippen molar-refractivity contribution in [3.8, 4) is 5.75 Å². The molecule has 0 aliphatic carbocycles. The molecule has 1 aromatic carbocycles. The van der Waals surface area contributed by atoms with Gasteiger partial charge in [0.05, 0.1) is 18.2 Å². The van der Waals surface area contributed by atoms with Gasteiger partial charge >= 0.3 is 0 Å². The van der Waals surface area contributed by atoms with E-state index in [4.69, 9.17) is 4.74 Å². The normalized spacial score (nSPS) is 29.2. The average Bonchev–Trinajstić information content (AvgIpc) is 2.93. The number of hydrogen-bond donors (Lipinski definition) is 1. The number of piperidine rings is 2. The molecule has 6 heteroatoms. The summed E-state index contributed by atoms with van der Waals surface area (Å²) in [5.74, 6) is 1.07. The molecule has 0 radical (unpaired) electrons. The van der Waals surface area contributed by atoms with Gasteiger partial charge in [-0.15, -0.1) is 0 Å². The number of aliphatic hydroxyl groups is 1. The number of carbonyl (C=O) groups is 1. The van der Waals surface area contributed by atoms with Crippen molar-refractivity contribution in [1.82, 2.24) is 9.80 Å². The van der Waals surface area contributed by atoms with Crippen molar-refractivity contribution >= 4 is 11.6 Å². The molecular weight excluding hydrogens is 390 g/mol. The largest absolute Gasteiger partial charge is 0.497 e. The summed E-state index contributed by atoms with van der Waals surface area (Å²) >= 11 is 0. The number of hydrogen-bond acceptors (Lipinski definition) is 5. The maximum Gasteiger partial charge on any atom is 0.219 e. The van der Waals surface area contributed by atoms with E-state index in [0.717, 1.165) is 82.6 Å². The third-order valence-corrected chi connectivity index (χ3v) is 8.00. The molecule has 0 aromatic heterocycles. The van der Waals surface area contributed by atoms with Crippen molar-refractivity contribution in [2.24, 2.45) is 0 Å². The first-order valence-corrected chi connectivity index (χ1v) is 12.0. The van der Waals surface area contributed by atoms with Gasteiger partial charge in [-0.05, 0) is 64.1 Å². The lowest BCUT2D eigenvalue weighted by molar-refractivity contribution is -0.141. The minimum absolute atomic E-state index is 0.113. The summed E-state index contributed by atoms with van der Waals surface area (Å²) < 4.78 is 5.37. The van der Waals surface area contributed by atoms with Gasteiger partial charge in [-0.2, -0.15) is 0 Å². The lowest BCUT2D eigenvalue weighted by Gasteiger charge is -2.54. The van der Waals surface area contributed by atoms with E-state index in [1.54, 1.807) is 14.0 Å². The number of rotatable bonds is 4. The molecule has 3 aliphatic heterocycles. The number of nitrogens with zero attached hydrogens (tertiary/aromatic N) is 3. The van der Waals surface area contributed by atoms with Crippen LogP contribution in [-0.4, -0.2) is 77.8 Å². The number of fused-ring (bicyclic) bond motifs is 1. The average molecular weight is 430 g/mol. The highest BCUT2D eigenvalue weighted by atomic mass is 16.5. The molecule has 0 bridgehead atoms. The molecule has 3 fully saturated rings. The molecular formula is C25H39N3O3. The molecule has 172 valence electrons. The van der Waals surface area contributed by atoms with E-state index in [2.05, 4.69) is 33.8 Å². The number of amides is 1. The van der Waals surface area contributed by atoms with Crippen LogP contribution < -0.4 is 9.64 Å². The van der Waals surface area contributed by atoms with Gasteiger partial charge in [0.2, 0.25) is 5.91 Å². The Morgan fingerprint density at radius 2 is 1.90 bits per heavy atom. The Balaban J connectivity index is 1.44. The van der Waals surface area contributed by atoms with Crippen LogP contribution in [0, 0.1) is 0 Å². The quantitative estimate of drug-likeness (QED) is 0.796. The zero-order valence-corrected chi connectivity index (χ0v) is 19.5. The number of benzene rings is 1. The van der Waals surface area contributed by atoms with Crippen LogP contribution in [0.3, 0.4) is 0 Å². The molecule has 2 atom stereocenters. The minimum atomic E-state index is -0.666. The number of carbonyl (C=O) groups excluding carboxylic acids is 1. The molecule has 0 unspecified atom stereocenters. The molecule has 31 heavy (non-hydrogen) atoms. The van der Waals surface area contributed by atoms with E-state index >= 15 is 0 Å². The van der Waals surface area contributed by atoms with Crippen molar-refractivity contribution in [2.45, 2.75) is 76.0 Å². The molecule has 1 N–H and O–H groups in total. The summed E-state index contributed by atoms with van der Waals surface area (Å²) in [5.41, 5.74) is 0.381. The van der Waals surface area contributed by atoms with Crippen molar-refractivity contribution in [3.05, 3.63) is 24.3 Å². The smallest absolute Gasteiger partial charge is 0.219 e. The van der Waals surface area contributed by atoms with E-state index in [0.29, 0.717) is 12.6 Å². The second-order valence-corrected chi connectivity index (χ2v) is 10.0. The minimum Gasteiger partial charge on any atom is -0.497 e. The van der Waals surface area contributed by atoms with Crippen molar-refractivity contribution in [1.29, 1.82) is 0 Å². The molecule has 3 heterocycles. The fraction of sp³-hybridized carbons (Fsp3) is 0.720. The van der Waals surface area contributed by atoms with Crippen molar-refractivity contribution < 1.29 is 14.6 Å². The first-order valence-electron chi connectivity index (χ1n) is 12.0. The Labute approximate surface area is 187 Å². The predicted octanol–water partition coefficient (Wildman–Crippen LogP) is 3.28. The van der Waals surface area contributed by atoms with Gasteiger partial charge in [0.25, 0.3) is 0 Å². The fourth-order valence-corrected chi connectivity index (χ4v) is 6.26. The number of β-amino-alcohol motifs (C(OH)–C–C–N with tert-alkyl or cyclic N) is 1. The topological polar surface area (TPSA) is 56.3 Å². The second-order valence-electron chi connectivity index (χ2n) is 10.0. The van der Waals surface area contributed by atoms with Gasteiger partial charge in [0.1, 0.15) is 5.75 Å². The molecule has 3 aliphatic rings. The van der Waals surface area contributed by atoms with Crippen LogP contribution in [0.2, 0.25) is 0 Å². The highest BCUT2D eigenvalue weighted by Gasteiger charge is 2.48. The number of likely N-dealkylation sites (tertiary alicyclic amines) is 2. The molecule has 0 saturated carbocycles. The van der Waals surface area contributed by atoms with Gasteiger partial charge in [-0.1, -0.05) is 12.5 Å². The monoisotopic (exact) mass is 429 g/mol. The lowest BCUT2D eigenvalue weighted by atomic mass is 9.78. The summed E-state index contributed by atoms with van der Waals surface area (Å²) in [6.45, 7) is 8.30. The van der Waals surface area contributed by atoms with E-state index in [-0.39, 0.29) is 11.4 Å². The molecule has 1 aromatic rings. The fourth-order valence-electron chi connectivity index (χ4n) is 6.26. The highest BCUT2D eigenvalue weighted by Crippen LogP contribution is 2.40. The lowest BCUT2D eigenvalue weighted by Crippen LogP contribution is -2.66. The zero-order chi connectivity index (χ0) is 22.1. The SMILES string of the molecule is COc1cccc(N2CCC(O)(CN3CCC[C@@]4(C)[C@H]3CCCCN4C(C)=O)CC2)c1. The summed E-state index contributed by atoms with van der Waals surface area (Å²) in [4.78, 5) is 19.4. The van der Waals surface area contributed by atoms with Crippen LogP contribution in [0.1, 0.15) is 58.8 Å². The first-order chi connectivity index (χ1) is 14.8. The van der Waals surface area contributed by atoms with Gasteiger partial charge in [-0.3, -0.25) is 9.69 Å². The van der Waals surface area contributed by atoms with Crippen LogP contribution in [-0.2, 0) is 4.79 Å². The van der Waals surface area contributed by atoms with E-state index in [9.17, 15) is 9.90 Å². The van der Waals surface area contributed by atoms with Crippen molar-refractivity contribution in [3.63, 3.8) is 0 Å². The van der Waals surface area contributed by atoms with Gasteiger partial charge in [0, 0.05) is 50.9 Å². The van der Waals surface area contributed by atoms with E-state index in [1.807, 2.05) is 12.1 Å². The summed E-state index contributed by atoms with van der Waals surface area (Å²) in [5, 5.41) is 11.5. The number of ether oxygens (including phenoxy) is 1. The van der Waals surface area contributed by atoms with Crippen LogP contribution in [0.5, 0.6) is 5.75 Å². The Hall–Kier alpha value is -1.79. The summed E-state index contributed by atoms with van der Waals surface area (Å²) in [7, 11) is 1.70. The van der Waals surface area contributed by atoms with Gasteiger partial charge in [0.15, 0.2) is 0 Å². The first kappa shape index (κ1) is 22.4. The predicted molar refractivity (Wildman–Crippen MR) is 124 cm³/mol. The Morgan fingerprint density at radius 1 is 1.13 bits per heavy atom. The summed E-state index contributed by atoms with van der Waals surface area (Å²) in [6.07, 6.45) is 7.04. The third kappa shape index (κ3) is 4.56. The van der Waals surface area contributed by atoms with Gasteiger partial charge < -0.3 is 19.6 Å². The standard InChI is InChI=1S/C25H39N3O3/c1-20(29)28-15-5-4-10-23-24(28,2)11-7-14-27(23)19-25(30)12-16-26(17-13-25)21-8-6-9-22(18-21)31-3/h6,8-9,18,23,30H,4-5,7,10-17,19H2,1-3H3/t23-,24+/m1/s1. The van der Waals surface area contributed by atoms with Crippen LogP contribution >= 0.6 is 0 Å². The number of anilines is 1. The van der Waals surface area contributed by atoms with E-state index in [1.165, 1.54) is 0 Å². The second kappa shape index (κ2) is 8.99. The highest BCUT2D eigenvalue weighted by molar-refractivity contribution is 5.74. The zero-order valence-electron chi connectivity index (χ0n) is 19.5. The van der Waals surface area contributed by atoms with Crippen LogP contribution in [0.15, 0.2) is 24.3 Å². The molecule has 0 spiro atoms. The molecule has 6 nitrogen and oxygen atoms in total. The number of methoxy groups -OCH3 is 1. The maximum absolute atomic E-state index is 12.4. The van der Waals surface area contributed by atoms with Gasteiger partial charge in [-0.25, -0.2) is 0 Å². The van der Waals surface area contributed by atoms with Crippen molar-refractivity contribution in [2.75, 3.05) is 44.7 Å². The van der Waals surface area contributed by atoms with Crippen LogP contribution in [0.25, 0.3) is 0 Å². The maximum atomic E-state index is 12.4. The summed E-state index contributed by atoms with van der Waals surface area (Å²) in [6, 6.07) is 8.52. The Kier molecular flexibility index (Phi) is 6.50. The molecule has 1 amide bonds. The third-order valence-electron chi connectivity index (χ3n) is 8.00. The molecule has 3 saturated heterocycles. The Morgan fingerprint density at radius 3 is 2.61 bits per heavy atom. The molecule has 4 rings (SSSR count).